The molecule has 3 heteroatoms. The zero-order valence-electron chi connectivity index (χ0n) is 15.1. The number of rotatable bonds is 1. The lowest BCUT2D eigenvalue weighted by Crippen LogP contribution is -2.20. The second-order valence-corrected chi connectivity index (χ2v) is 9.93. The molecule has 1 nitrogen and oxygen atoms in total. The second-order valence-electron chi connectivity index (χ2n) is 7.01. The Bertz CT molecular complexity index is 1160. The lowest BCUT2D eigenvalue weighted by molar-refractivity contribution is 0.611. The topological polar surface area (TPSA) is 9.23 Å². The van der Waals surface area contributed by atoms with Gasteiger partial charge in [-0.05, 0) is 34.9 Å². The Morgan fingerprint density at radius 2 is 1.18 bits per heavy atom. The molecule has 2 aliphatic rings. The van der Waals surface area contributed by atoms with Gasteiger partial charge in [-0.3, -0.25) is 0 Å². The van der Waals surface area contributed by atoms with Crippen molar-refractivity contribution in [1.29, 1.82) is 0 Å². The predicted molar refractivity (Wildman–Crippen MR) is 118 cm³/mol. The molecule has 0 amide bonds. The summed E-state index contributed by atoms with van der Waals surface area (Å²) >= 11 is 1.87. The third-order valence-electron chi connectivity index (χ3n) is 5.40. The maximum atomic E-state index is 6.77. The Morgan fingerprint density at radius 1 is 0.607 bits per heavy atom. The quantitative estimate of drug-likeness (QED) is 0.320. The van der Waals surface area contributed by atoms with E-state index < -0.39 is 8.15 Å². The highest BCUT2D eigenvalue weighted by molar-refractivity contribution is 7.99. The van der Waals surface area contributed by atoms with Crippen molar-refractivity contribution in [2.24, 2.45) is 0 Å². The molecular weight excluding hydrogens is 379 g/mol. The van der Waals surface area contributed by atoms with E-state index in [-0.39, 0.29) is 5.66 Å². The van der Waals surface area contributed by atoms with Gasteiger partial charge in [0.25, 0.3) is 0 Å². The molecule has 0 saturated heterocycles. The van der Waals surface area contributed by atoms with E-state index in [4.69, 9.17) is 4.52 Å². The monoisotopic (exact) mass is 396 g/mol. The number of fused-ring (bicyclic) bond motifs is 5. The summed E-state index contributed by atoms with van der Waals surface area (Å²) < 4.78 is 6.77. The first-order valence-corrected chi connectivity index (χ1v) is 11.6. The van der Waals surface area contributed by atoms with Crippen LogP contribution in [0, 0.1) is 0 Å². The molecule has 0 aliphatic carbocycles. The predicted octanol–water partition coefficient (Wildman–Crippen LogP) is 7.02. The van der Waals surface area contributed by atoms with E-state index in [0.717, 1.165) is 5.75 Å². The summed E-state index contributed by atoms with van der Waals surface area (Å²) in [6, 6.07) is 34.8. The van der Waals surface area contributed by atoms with E-state index in [1.807, 2.05) is 11.8 Å². The Kier molecular flexibility index (Phi) is 3.82. The first-order valence-electron chi connectivity index (χ1n) is 9.41. The zero-order chi connectivity index (χ0) is 18.5. The van der Waals surface area contributed by atoms with Gasteiger partial charge in [-0.1, -0.05) is 90.6 Å². The lowest BCUT2D eigenvalue weighted by atomic mass is 10.0. The summed E-state index contributed by atoms with van der Waals surface area (Å²) in [5, 5.41) is 1.33. The molecule has 2 heterocycles. The highest BCUT2D eigenvalue weighted by Gasteiger charge is 2.38. The van der Waals surface area contributed by atoms with E-state index in [0.29, 0.717) is 0 Å². The molecular formula is C25H17OPS. The summed E-state index contributed by atoms with van der Waals surface area (Å²) in [7, 11) is -0.879. The van der Waals surface area contributed by atoms with E-state index in [2.05, 4.69) is 97.1 Å². The normalized spacial score (nSPS) is 16.9. The van der Waals surface area contributed by atoms with Crippen LogP contribution in [0.25, 0.3) is 11.1 Å². The highest BCUT2D eigenvalue weighted by Crippen LogP contribution is 2.63. The van der Waals surface area contributed by atoms with Gasteiger partial charge >= 0.3 is 0 Å². The molecule has 4 aromatic carbocycles. The summed E-state index contributed by atoms with van der Waals surface area (Å²) in [5.74, 6) is 1.00. The van der Waals surface area contributed by atoms with Crippen molar-refractivity contribution >= 4 is 25.2 Å². The van der Waals surface area contributed by atoms with Crippen molar-refractivity contribution in [3.8, 4) is 16.9 Å². The fourth-order valence-electron chi connectivity index (χ4n) is 4.15. The van der Waals surface area contributed by atoms with Crippen LogP contribution in [0.2, 0.25) is 0 Å². The minimum Gasteiger partial charge on any atom is -0.468 e. The lowest BCUT2D eigenvalue weighted by Gasteiger charge is -2.37. The van der Waals surface area contributed by atoms with Crippen LogP contribution in [0.3, 0.4) is 0 Å². The van der Waals surface area contributed by atoms with Gasteiger partial charge in [0, 0.05) is 20.7 Å². The maximum Gasteiger partial charge on any atom is 0.132 e. The van der Waals surface area contributed by atoms with Crippen LogP contribution in [-0.2, 0) is 0 Å². The van der Waals surface area contributed by atoms with Crippen molar-refractivity contribution in [3.05, 3.63) is 108 Å². The van der Waals surface area contributed by atoms with Crippen LogP contribution in [-0.4, -0.2) is 0 Å². The molecule has 0 spiro atoms. The smallest absolute Gasteiger partial charge is 0.132 e. The number of hydrogen-bond acceptors (Lipinski definition) is 2. The van der Waals surface area contributed by atoms with E-state index in [1.54, 1.807) is 0 Å². The zero-order valence-corrected chi connectivity index (χ0v) is 16.8. The minimum absolute atomic E-state index is 0.234. The average Bonchev–Trinajstić information content (AvgIpc) is 2.77. The van der Waals surface area contributed by atoms with Gasteiger partial charge in [0.15, 0.2) is 0 Å². The van der Waals surface area contributed by atoms with Crippen molar-refractivity contribution in [2.45, 2.75) is 15.4 Å². The molecule has 0 bridgehead atoms. The second kappa shape index (κ2) is 6.51. The molecule has 0 N–H and O–H groups in total. The summed E-state index contributed by atoms with van der Waals surface area (Å²) in [5.41, 5.74) is 5.50. The van der Waals surface area contributed by atoms with Crippen LogP contribution in [0.1, 0.15) is 16.8 Å². The Hall–Kier alpha value is -2.54. The fraction of sp³-hybridized carbons (Fsp3) is 0.0400. The average molecular weight is 396 g/mol. The van der Waals surface area contributed by atoms with Gasteiger partial charge in [0.2, 0.25) is 0 Å². The van der Waals surface area contributed by atoms with Crippen LogP contribution < -0.4 is 9.83 Å². The number of benzene rings is 4. The molecule has 1 unspecified atom stereocenters. The summed E-state index contributed by atoms with van der Waals surface area (Å²) in [6.07, 6.45) is 0. The van der Waals surface area contributed by atoms with Crippen molar-refractivity contribution in [2.75, 3.05) is 0 Å². The van der Waals surface area contributed by atoms with Gasteiger partial charge in [0.1, 0.15) is 13.9 Å². The molecule has 28 heavy (non-hydrogen) atoms. The molecule has 1 atom stereocenters. The van der Waals surface area contributed by atoms with Gasteiger partial charge in [-0.2, -0.15) is 0 Å². The molecule has 134 valence electrons. The van der Waals surface area contributed by atoms with Gasteiger partial charge < -0.3 is 4.52 Å². The SMILES string of the molecule is c1ccc2c(c1)OP(C1c3ccccc3Sc3ccccc31)c1ccccc1-2. The molecule has 0 fully saturated rings. The number of hydrogen-bond donors (Lipinski definition) is 0. The third-order valence-corrected chi connectivity index (χ3v) is 8.86. The Labute approximate surface area is 170 Å². The van der Waals surface area contributed by atoms with Crippen molar-refractivity contribution < 1.29 is 4.52 Å². The highest BCUT2D eigenvalue weighted by atomic mass is 32.2. The van der Waals surface area contributed by atoms with E-state index >= 15 is 0 Å². The Morgan fingerprint density at radius 3 is 1.93 bits per heavy atom. The molecule has 4 aromatic rings. The number of para-hydroxylation sites is 1. The minimum atomic E-state index is -0.879. The van der Waals surface area contributed by atoms with Crippen LogP contribution in [0.4, 0.5) is 0 Å². The fourth-order valence-corrected chi connectivity index (χ4v) is 7.93. The van der Waals surface area contributed by atoms with Crippen molar-refractivity contribution in [3.63, 3.8) is 0 Å². The Balaban J connectivity index is 1.60. The molecule has 0 radical (unpaired) electrons. The summed E-state index contributed by atoms with van der Waals surface area (Å²) in [4.78, 5) is 2.68. The largest absolute Gasteiger partial charge is 0.468 e. The first kappa shape index (κ1) is 16.4. The van der Waals surface area contributed by atoms with Crippen LogP contribution in [0.5, 0.6) is 5.75 Å². The summed E-state index contributed by atoms with van der Waals surface area (Å²) in [6.45, 7) is 0. The standard InChI is InChI=1S/C25H17OPS/c1-5-13-21-17(9-1)18-10-2-6-14-22(18)27(26-21)25-19-11-3-7-15-23(19)28-24-16-8-4-12-20(24)25/h1-16,25H. The third kappa shape index (κ3) is 2.45. The van der Waals surface area contributed by atoms with E-state index in [9.17, 15) is 0 Å². The molecule has 2 aliphatic heterocycles. The molecule has 6 rings (SSSR count). The molecule has 0 saturated carbocycles. The van der Waals surface area contributed by atoms with Crippen LogP contribution in [0.15, 0.2) is 107 Å². The van der Waals surface area contributed by atoms with Crippen molar-refractivity contribution in [1.82, 2.24) is 0 Å². The van der Waals surface area contributed by atoms with E-state index in [1.165, 1.54) is 37.3 Å². The van der Waals surface area contributed by atoms with Gasteiger partial charge in [0.05, 0.1) is 5.66 Å². The van der Waals surface area contributed by atoms with Crippen LogP contribution >= 0.6 is 19.9 Å². The van der Waals surface area contributed by atoms with Gasteiger partial charge in [-0.15, -0.1) is 0 Å². The maximum absolute atomic E-state index is 6.77. The van der Waals surface area contributed by atoms with Gasteiger partial charge in [-0.25, -0.2) is 0 Å². The first-order chi connectivity index (χ1) is 13.9. The molecule has 0 aromatic heterocycles.